The summed E-state index contributed by atoms with van der Waals surface area (Å²) in [5.74, 6) is 0.825. The number of aryl methyl sites for hydroxylation is 1. The Kier molecular flexibility index (Phi) is 3.40. The number of pyridine rings is 1. The van der Waals surface area contributed by atoms with Crippen LogP contribution in [0.3, 0.4) is 0 Å². The summed E-state index contributed by atoms with van der Waals surface area (Å²) in [4.78, 5) is 4.17. The lowest BCUT2D eigenvalue weighted by Gasteiger charge is -2.23. The van der Waals surface area contributed by atoms with Gasteiger partial charge in [0.2, 0.25) is 0 Å². The highest BCUT2D eigenvalue weighted by Gasteiger charge is 2.16. The van der Waals surface area contributed by atoms with Gasteiger partial charge in [-0.05, 0) is 44.7 Å². The van der Waals surface area contributed by atoms with Crippen molar-refractivity contribution in [2.75, 3.05) is 0 Å². The van der Waals surface area contributed by atoms with Crippen molar-refractivity contribution in [3.8, 4) is 11.8 Å². The minimum absolute atomic E-state index is 0.335. The number of ether oxygens (including phenoxy) is 1. The molecule has 0 bridgehead atoms. The van der Waals surface area contributed by atoms with Crippen LogP contribution in [0.2, 0.25) is 0 Å². The smallest absolute Gasteiger partial charge is 0.141 e. The van der Waals surface area contributed by atoms with Crippen molar-refractivity contribution in [3.63, 3.8) is 0 Å². The monoisotopic (exact) mass is 216 g/mol. The summed E-state index contributed by atoms with van der Waals surface area (Å²) in [5.41, 5.74) is 1.26. The third-order valence-corrected chi connectivity index (χ3v) is 3.00. The molecule has 0 atom stereocenters. The molecular formula is C13H16N2O. The summed E-state index contributed by atoms with van der Waals surface area (Å²) in [6, 6.07) is 5.60. The molecule has 0 N–H and O–H groups in total. The minimum atomic E-state index is 0.335. The predicted molar refractivity (Wildman–Crippen MR) is 61.2 cm³/mol. The number of nitrogens with zero attached hydrogens (tertiary/aromatic N) is 2. The third kappa shape index (κ3) is 2.52. The second-order valence-corrected chi connectivity index (χ2v) is 4.27. The molecule has 1 aromatic heterocycles. The maximum atomic E-state index is 8.72. The van der Waals surface area contributed by atoms with Crippen LogP contribution >= 0.6 is 0 Å². The number of hydrogen-bond acceptors (Lipinski definition) is 3. The van der Waals surface area contributed by atoms with Crippen LogP contribution in [0.1, 0.15) is 43.5 Å². The van der Waals surface area contributed by atoms with Crippen molar-refractivity contribution < 1.29 is 4.74 Å². The zero-order valence-corrected chi connectivity index (χ0v) is 9.57. The minimum Gasteiger partial charge on any atom is -0.489 e. The fraction of sp³-hybridized carbons (Fsp3) is 0.538. The highest BCUT2D eigenvalue weighted by Crippen LogP contribution is 2.24. The molecule has 1 heterocycles. The molecule has 1 aliphatic carbocycles. The van der Waals surface area contributed by atoms with Gasteiger partial charge < -0.3 is 4.74 Å². The van der Waals surface area contributed by atoms with E-state index in [-0.39, 0.29) is 0 Å². The van der Waals surface area contributed by atoms with Gasteiger partial charge >= 0.3 is 0 Å². The maximum Gasteiger partial charge on any atom is 0.141 e. The van der Waals surface area contributed by atoms with E-state index in [4.69, 9.17) is 10.00 Å². The van der Waals surface area contributed by atoms with Crippen molar-refractivity contribution in [2.24, 2.45) is 0 Å². The van der Waals surface area contributed by atoms with E-state index < -0.39 is 0 Å². The Hall–Kier alpha value is -1.56. The molecule has 0 saturated heterocycles. The molecule has 1 aliphatic rings. The van der Waals surface area contributed by atoms with Gasteiger partial charge in [0.25, 0.3) is 0 Å². The van der Waals surface area contributed by atoms with E-state index in [1.165, 1.54) is 19.3 Å². The first-order valence-corrected chi connectivity index (χ1v) is 5.84. The van der Waals surface area contributed by atoms with Crippen LogP contribution < -0.4 is 4.74 Å². The van der Waals surface area contributed by atoms with E-state index in [9.17, 15) is 0 Å². The molecule has 16 heavy (non-hydrogen) atoms. The van der Waals surface area contributed by atoms with Crippen LogP contribution in [-0.4, -0.2) is 11.1 Å². The SMILES string of the molecule is Cc1nc(C#N)ccc1OC1CCCCC1. The Morgan fingerprint density at radius 2 is 2.06 bits per heavy atom. The van der Waals surface area contributed by atoms with E-state index in [1.807, 2.05) is 19.1 Å². The molecule has 3 nitrogen and oxygen atoms in total. The highest BCUT2D eigenvalue weighted by molar-refractivity contribution is 5.32. The molecular weight excluding hydrogens is 200 g/mol. The molecule has 1 fully saturated rings. The Labute approximate surface area is 96.1 Å². The fourth-order valence-electron chi connectivity index (χ4n) is 2.10. The zero-order valence-electron chi connectivity index (χ0n) is 9.57. The highest BCUT2D eigenvalue weighted by atomic mass is 16.5. The van der Waals surface area contributed by atoms with E-state index in [2.05, 4.69) is 4.98 Å². The first-order chi connectivity index (χ1) is 7.79. The average Bonchev–Trinajstić information content (AvgIpc) is 2.33. The number of nitriles is 1. The van der Waals surface area contributed by atoms with Gasteiger partial charge in [0.1, 0.15) is 17.5 Å². The van der Waals surface area contributed by atoms with Gasteiger partial charge in [-0.15, -0.1) is 0 Å². The summed E-state index contributed by atoms with van der Waals surface area (Å²) in [6.07, 6.45) is 6.45. The second kappa shape index (κ2) is 4.98. The fourth-order valence-corrected chi connectivity index (χ4v) is 2.10. The van der Waals surface area contributed by atoms with Crippen LogP contribution in [-0.2, 0) is 0 Å². The van der Waals surface area contributed by atoms with Crippen LogP contribution in [0.15, 0.2) is 12.1 Å². The van der Waals surface area contributed by atoms with Crippen molar-refractivity contribution in [1.82, 2.24) is 4.98 Å². The molecule has 1 saturated carbocycles. The maximum absolute atomic E-state index is 8.72. The van der Waals surface area contributed by atoms with Crippen LogP contribution in [0, 0.1) is 18.3 Å². The lowest BCUT2D eigenvalue weighted by Crippen LogP contribution is -2.20. The molecule has 0 aromatic carbocycles. The van der Waals surface area contributed by atoms with Gasteiger partial charge in [0.15, 0.2) is 0 Å². The first-order valence-electron chi connectivity index (χ1n) is 5.84. The van der Waals surface area contributed by atoms with Crippen molar-refractivity contribution in [3.05, 3.63) is 23.5 Å². The van der Waals surface area contributed by atoms with E-state index >= 15 is 0 Å². The molecule has 0 aliphatic heterocycles. The standard InChI is InChI=1S/C13H16N2O/c1-10-13(8-7-11(9-14)15-10)16-12-5-3-2-4-6-12/h7-8,12H,2-6H2,1H3. The topological polar surface area (TPSA) is 45.9 Å². The Morgan fingerprint density at radius 3 is 2.69 bits per heavy atom. The lowest BCUT2D eigenvalue weighted by molar-refractivity contribution is 0.153. The first kappa shape index (κ1) is 10.9. The average molecular weight is 216 g/mol. The molecule has 0 unspecified atom stereocenters. The molecule has 1 aromatic rings. The summed E-state index contributed by atoms with van der Waals surface area (Å²) < 4.78 is 5.91. The van der Waals surface area contributed by atoms with E-state index in [0.717, 1.165) is 24.3 Å². The number of hydrogen-bond donors (Lipinski definition) is 0. The number of rotatable bonds is 2. The molecule has 0 amide bonds. The van der Waals surface area contributed by atoms with E-state index in [0.29, 0.717) is 11.8 Å². The summed E-state index contributed by atoms with van der Waals surface area (Å²) >= 11 is 0. The molecule has 3 heteroatoms. The predicted octanol–water partition coefficient (Wildman–Crippen LogP) is 2.97. The summed E-state index contributed by atoms with van der Waals surface area (Å²) in [7, 11) is 0. The van der Waals surface area contributed by atoms with Gasteiger partial charge in [-0.2, -0.15) is 5.26 Å². The van der Waals surface area contributed by atoms with E-state index in [1.54, 1.807) is 6.07 Å². The Morgan fingerprint density at radius 1 is 1.31 bits per heavy atom. The van der Waals surface area contributed by atoms with Gasteiger partial charge in [-0.25, -0.2) is 4.98 Å². The molecule has 84 valence electrons. The summed E-state index contributed by atoms with van der Waals surface area (Å²) in [6.45, 7) is 1.89. The van der Waals surface area contributed by atoms with Gasteiger partial charge in [0.05, 0.1) is 11.8 Å². The van der Waals surface area contributed by atoms with Crippen molar-refractivity contribution >= 4 is 0 Å². The molecule has 0 radical (unpaired) electrons. The van der Waals surface area contributed by atoms with Crippen LogP contribution in [0.25, 0.3) is 0 Å². The third-order valence-electron chi connectivity index (χ3n) is 3.00. The van der Waals surface area contributed by atoms with Gasteiger partial charge in [-0.1, -0.05) is 6.42 Å². The summed E-state index contributed by atoms with van der Waals surface area (Å²) in [5, 5.41) is 8.72. The van der Waals surface area contributed by atoms with Gasteiger partial charge in [-0.3, -0.25) is 0 Å². The quantitative estimate of drug-likeness (QED) is 0.763. The van der Waals surface area contributed by atoms with Crippen molar-refractivity contribution in [2.45, 2.75) is 45.1 Å². The second-order valence-electron chi connectivity index (χ2n) is 4.27. The van der Waals surface area contributed by atoms with Crippen LogP contribution in [0.4, 0.5) is 0 Å². The lowest BCUT2D eigenvalue weighted by atomic mass is 9.98. The molecule has 2 rings (SSSR count). The largest absolute Gasteiger partial charge is 0.489 e. The normalized spacial score (nSPS) is 16.8. The Bertz CT molecular complexity index is 403. The number of aromatic nitrogens is 1. The zero-order chi connectivity index (χ0) is 11.4. The Balaban J connectivity index is 2.06. The van der Waals surface area contributed by atoms with Crippen molar-refractivity contribution in [1.29, 1.82) is 5.26 Å². The van der Waals surface area contributed by atoms with Gasteiger partial charge in [0, 0.05) is 0 Å². The van der Waals surface area contributed by atoms with Crippen LogP contribution in [0.5, 0.6) is 5.75 Å². The molecule has 0 spiro atoms.